The van der Waals surface area contributed by atoms with E-state index in [0.29, 0.717) is 6.54 Å². The lowest BCUT2D eigenvalue weighted by atomic mass is 9.56. The highest BCUT2D eigenvalue weighted by atomic mass is 16.3. The molecule has 2 bridgehead atoms. The smallest absolute Gasteiger partial charge is 0.388 e. The molecule has 0 saturated carbocycles. The van der Waals surface area contributed by atoms with Crippen molar-refractivity contribution in [2.24, 2.45) is 10.9 Å². The van der Waals surface area contributed by atoms with Gasteiger partial charge in [0.1, 0.15) is 11.6 Å². The van der Waals surface area contributed by atoms with Gasteiger partial charge in [0.05, 0.1) is 0 Å². The fourth-order valence-electron chi connectivity index (χ4n) is 5.24. The van der Waals surface area contributed by atoms with Crippen molar-refractivity contribution in [1.29, 1.82) is 0 Å². The topological polar surface area (TPSA) is 39.1 Å². The second-order valence-electron chi connectivity index (χ2n) is 9.68. The Kier molecular flexibility index (Phi) is 9.79. The van der Waals surface area contributed by atoms with Crippen LogP contribution in [0.3, 0.4) is 0 Å². The second-order valence-corrected chi connectivity index (χ2v) is 9.68. The van der Waals surface area contributed by atoms with E-state index >= 15 is 0 Å². The minimum absolute atomic E-state index is 0.0303. The lowest BCUT2D eigenvalue weighted by Gasteiger charge is -2.47. The number of rotatable bonds is 3. The number of allylic oxidation sites excluding steroid dienone is 13. The highest BCUT2D eigenvalue weighted by Gasteiger charge is 2.43. The van der Waals surface area contributed by atoms with Gasteiger partial charge >= 0.3 is 6.98 Å². The molecular formula is C32H40BN3O. The molecule has 1 saturated heterocycles. The molecule has 1 aliphatic carbocycles. The lowest BCUT2D eigenvalue weighted by Crippen LogP contribution is -2.59. The van der Waals surface area contributed by atoms with Gasteiger partial charge in [0.15, 0.2) is 0 Å². The van der Waals surface area contributed by atoms with E-state index in [2.05, 4.69) is 103 Å². The normalized spacial score (nSPS) is 31.7. The minimum atomic E-state index is -0.0808. The average Bonchev–Trinajstić information content (AvgIpc) is 2.93. The summed E-state index contributed by atoms with van der Waals surface area (Å²) in [6, 6.07) is 0. The monoisotopic (exact) mass is 493 g/mol. The first-order chi connectivity index (χ1) is 17.8. The molecule has 2 aliphatic heterocycles. The van der Waals surface area contributed by atoms with Gasteiger partial charge in [-0.25, -0.2) is 0 Å². The number of fused-ring (bicyclic) bond motifs is 2. The molecule has 2 heterocycles. The maximum Gasteiger partial charge on any atom is 0.388 e. The molecule has 0 aromatic rings. The van der Waals surface area contributed by atoms with Gasteiger partial charge < -0.3 is 14.7 Å². The molecule has 1 N–H and O–H groups in total. The van der Waals surface area contributed by atoms with E-state index in [1.807, 2.05) is 12.3 Å². The zero-order chi connectivity index (χ0) is 26.9. The molecule has 0 radical (unpaired) electrons. The summed E-state index contributed by atoms with van der Waals surface area (Å²) in [5, 5.41) is 10.1. The Morgan fingerprint density at radius 1 is 1.16 bits per heavy atom. The molecule has 0 aromatic carbocycles. The Morgan fingerprint density at radius 3 is 2.62 bits per heavy atom. The first-order valence-electron chi connectivity index (χ1n) is 13.0. The second kappa shape index (κ2) is 13.0. The van der Waals surface area contributed by atoms with Gasteiger partial charge in [-0.1, -0.05) is 99.1 Å². The zero-order valence-corrected chi connectivity index (χ0v) is 22.6. The molecule has 0 aromatic heterocycles. The largest absolute Gasteiger partial charge is 0.509 e. The van der Waals surface area contributed by atoms with E-state index in [0.717, 1.165) is 36.4 Å². The third-order valence-electron chi connectivity index (χ3n) is 7.10. The van der Waals surface area contributed by atoms with Crippen molar-refractivity contribution in [1.82, 2.24) is 9.62 Å². The van der Waals surface area contributed by atoms with Crippen molar-refractivity contribution < 1.29 is 5.11 Å². The van der Waals surface area contributed by atoms with Gasteiger partial charge in [-0.2, -0.15) is 0 Å². The van der Waals surface area contributed by atoms with Crippen LogP contribution in [0.25, 0.3) is 0 Å². The summed E-state index contributed by atoms with van der Waals surface area (Å²) in [7, 11) is 1.76. The van der Waals surface area contributed by atoms with Gasteiger partial charge in [-0.15, -0.1) is 0 Å². The average molecular weight is 494 g/mol. The highest BCUT2D eigenvalue weighted by molar-refractivity contribution is 6.61. The first kappa shape index (κ1) is 27.9. The van der Waals surface area contributed by atoms with Gasteiger partial charge in [0, 0.05) is 30.8 Å². The summed E-state index contributed by atoms with van der Waals surface area (Å²) in [4.78, 5) is 8.99. The molecule has 0 spiro atoms. The Morgan fingerprint density at radius 2 is 1.95 bits per heavy atom. The number of amidine groups is 1. The molecule has 5 heteroatoms. The summed E-state index contributed by atoms with van der Waals surface area (Å²) in [5.41, 5.74) is 5.62. The number of hydrogen-bond donors (Lipinski definition) is 1. The lowest BCUT2D eigenvalue weighted by molar-refractivity contribution is 0.433. The SMILES string of the molecule is C=CC=C1/C(=C\C(=C)O)C(=NC)N(C=C)B2C(C)\C=C/C=C\C3=C(\C)C(/C=C\CN21)/C=C\C(=C)CCC3. The van der Waals surface area contributed by atoms with Crippen LogP contribution in [0, 0.1) is 5.92 Å². The van der Waals surface area contributed by atoms with Gasteiger partial charge in [0.25, 0.3) is 0 Å². The number of hydrogen-bond acceptors (Lipinski definition) is 3. The summed E-state index contributed by atoms with van der Waals surface area (Å²) in [6.07, 6.45) is 28.1. The predicted octanol–water partition coefficient (Wildman–Crippen LogP) is 7.63. The van der Waals surface area contributed by atoms with Crippen LogP contribution in [0.1, 0.15) is 33.1 Å². The van der Waals surface area contributed by atoms with Crippen molar-refractivity contribution in [2.75, 3.05) is 13.6 Å². The zero-order valence-electron chi connectivity index (χ0n) is 22.6. The molecule has 3 aliphatic rings. The molecule has 2 atom stereocenters. The summed E-state index contributed by atoms with van der Waals surface area (Å²) in [5.74, 6) is 1.01. The molecule has 4 nitrogen and oxygen atoms in total. The van der Waals surface area contributed by atoms with Crippen molar-refractivity contribution >= 4 is 12.8 Å². The predicted molar refractivity (Wildman–Crippen MR) is 161 cm³/mol. The maximum absolute atomic E-state index is 10.1. The van der Waals surface area contributed by atoms with Crippen LogP contribution < -0.4 is 0 Å². The molecule has 2 unspecified atom stereocenters. The molecule has 3 rings (SSSR count). The quantitative estimate of drug-likeness (QED) is 0.250. The third-order valence-corrected chi connectivity index (χ3v) is 7.10. The Labute approximate surface area is 224 Å². The summed E-state index contributed by atoms with van der Waals surface area (Å²) < 4.78 is 0. The van der Waals surface area contributed by atoms with Crippen molar-refractivity contribution in [2.45, 2.75) is 38.9 Å². The molecule has 37 heavy (non-hydrogen) atoms. The minimum Gasteiger partial charge on any atom is -0.509 e. The third kappa shape index (κ3) is 6.54. The Hall–Kier alpha value is -3.73. The van der Waals surface area contributed by atoms with Gasteiger partial charge in [-0.05, 0) is 55.9 Å². The van der Waals surface area contributed by atoms with E-state index in [1.165, 1.54) is 16.7 Å². The summed E-state index contributed by atoms with van der Waals surface area (Å²) >= 11 is 0. The maximum atomic E-state index is 10.1. The van der Waals surface area contributed by atoms with Crippen LogP contribution in [0.5, 0.6) is 0 Å². The van der Waals surface area contributed by atoms with Crippen LogP contribution in [0.2, 0.25) is 5.82 Å². The molecular weight excluding hydrogens is 453 g/mol. The fourth-order valence-corrected chi connectivity index (χ4v) is 5.24. The fraction of sp³-hybridized carbons (Fsp3) is 0.281. The first-order valence-corrected chi connectivity index (χ1v) is 13.0. The van der Waals surface area contributed by atoms with E-state index in [9.17, 15) is 5.11 Å². The Bertz CT molecular complexity index is 1170. The number of nitrogens with zero attached hydrogens (tertiary/aromatic N) is 3. The van der Waals surface area contributed by atoms with Crippen LogP contribution in [-0.4, -0.2) is 41.1 Å². The van der Waals surface area contributed by atoms with Crippen LogP contribution >= 0.6 is 0 Å². The molecule has 192 valence electrons. The molecule has 0 amide bonds. The Balaban J connectivity index is 2.20. The number of aliphatic hydroxyl groups excluding tert-OH is 1. The standard InChI is InChI=1S/C32H40BN3O/c1-8-14-31-30(23-26(5)37)32(34-7)35(9-2)33-25(4)16-10-11-17-28-18-12-15-24(3)20-21-29(27(28)6)19-13-22-36(31)33/h8-11,13-14,16-17,19-21,23,25,29,37H,1-3,5,12,15,18,22H2,4,6-7H3/b16-10-,17-11-,19-13-,21-20-,28-27+,30-23+,31-14?,34-32?. The number of aliphatic hydroxyl groups is 1. The van der Waals surface area contributed by atoms with Crippen molar-refractivity contribution in [3.8, 4) is 0 Å². The van der Waals surface area contributed by atoms with Crippen molar-refractivity contribution in [3.63, 3.8) is 0 Å². The van der Waals surface area contributed by atoms with Crippen LogP contribution in [0.4, 0.5) is 0 Å². The highest BCUT2D eigenvalue weighted by Crippen LogP contribution is 2.35. The van der Waals surface area contributed by atoms with E-state index in [-0.39, 0.29) is 24.5 Å². The van der Waals surface area contributed by atoms with Crippen LogP contribution in [-0.2, 0) is 0 Å². The van der Waals surface area contributed by atoms with Crippen molar-refractivity contribution in [3.05, 3.63) is 133 Å². The summed E-state index contributed by atoms with van der Waals surface area (Å²) in [6.45, 7) is 21.0. The van der Waals surface area contributed by atoms with E-state index < -0.39 is 0 Å². The van der Waals surface area contributed by atoms with E-state index in [4.69, 9.17) is 0 Å². The van der Waals surface area contributed by atoms with Crippen LogP contribution in [0.15, 0.2) is 138 Å². The number of aliphatic imine (C=N–C) groups is 1. The molecule has 1 fully saturated rings. The van der Waals surface area contributed by atoms with Gasteiger partial charge in [-0.3, -0.25) is 4.99 Å². The van der Waals surface area contributed by atoms with E-state index in [1.54, 1.807) is 19.2 Å². The van der Waals surface area contributed by atoms with Gasteiger partial charge in [0.2, 0.25) is 0 Å².